The first-order chi connectivity index (χ1) is 7.13. The molecule has 0 bridgehead atoms. The summed E-state index contributed by atoms with van der Waals surface area (Å²) in [6.07, 6.45) is 0. The lowest BCUT2D eigenvalue weighted by Gasteiger charge is -2.09. The fourth-order valence-corrected chi connectivity index (χ4v) is 0.991. The lowest BCUT2D eigenvalue weighted by Crippen LogP contribution is -2.36. The van der Waals surface area contributed by atoms with Crippen molar-refractivity contribution in [1.82, 2.24) is 0 Å². The molecule has 0 saturated heterocycles. The van der Waals surface area contributed by atoms with Gasteiger partial charge < -0.3 is 20.7 Å². The van der Waals surface area contributed by atoms with Crippen molar-refractivity contribution in [2.45, 2.75) is 12.6 Å². The van der Waals surface area contributed by atoms with Gasteiger partial charge in [0.25, 0.3) is 0 Å². The molecule has 0 aliphatic heterocycles. The third kappa shape index (κ3) is 3.57. The number of rotatable bonds is 5. The zero-order chi connectivity index (χ0) is 11.3. The van der Waals surface area contributed by atoms with Crippen LogP contribution in [0.1, 0.15) is 5.56 Å². The van der Waals surface area contributed by atoms with Crippen molar-refractivity contribution < 1.29 is 19.7 Å². The Bertz CT molecular complexity index is 340. The number of aliphatic hydroxyl groups excluding tert-OH is 1. The Morgan fingerprint density at radius 2 is 2.27 bits per heavy atom. The number of hydrogen-bond acceptors (Lipinski definition) is 4. The summed E-state index contributed by atoms with van der Waals surface area (Å²) in [5.41, 5.74) is 5.97. The summed E-state index contributed by atoms with van der Waals surface area (Å²) >= 11 is 0. The molecule has 0 amide bonds. The molecule has 0 fully saturated rings. The van der Waals surface area contributed by atoms with Crippen molar-refractivity contribution in [2.24, 2.45) is 5.73 Å². The van der Waals surface area contributed by atoms with Crippen molar-refractivity contribution in [3.8, 4) is 5.75 Å². The molecule has 4 N–H and O–H groups in total. The molecule has 1 aromatic rings. The molecule has 1 aromatic carbocycles. The summed E-state index contributed by atoms with van der Waals surface area (Å²) in [7, 11) is 0. The van der Waals surface area contributed by atoms with Crippen LogP contribution in [0.2, 0.25) is 0 Å². The normalized spacial score (nSPS) is 12.1. The molecule has 5 nitrogen and oxygen atoms in total. The highest BCUT2D eigenvalue weighted by atomic mass is 16.5. The van der Waals surface area contributed by atoms with Gasteiger partial charge in [-0.1, -0.05) is 12.1 Å². The molecule has 1 rings (SSSR count). The fourth-order valence-electron chi connectivity index (χ4n) is 0.991. The lowest BCUT2D eigenvalue weighted by molar-refractivity contribution is -0.139. The topological polar surface area (TPSA) is 92.8 Å². The van der Waals surface area contributed by atoms with Crippen molar-refractivity contribution in [3.05, 3.63) is 29.8 Å². The quantitative estimate of drug-likeness (QED) is 0.636. The van der Waals surface area contributed by atoms with Gasteiger partial charge in [-0.2, -0.15) is 0 Å². The Morgan fingerprint density at radius 3 is 2.87 bits per heavy atom. The van der Waals surface area contributed by atoms with Crippen LogP contribution < -0.4 is 10.5 Å². The van der Waals surface area contributed by atoms with E-state index in [1.807, 2.05) is 0 Å². The van der Waals surface area contributed by atoms with E-state index in [1.165, 1.54) is 0 Å². The molecule has 1 unspecified atom stereocenters. The smallest absolute Gasteiger partial charge is 0.324 e. The van der Waals surface area contributed by atoms with Gasteiger partial charge in [-0.05, 0) is 17.7 Å². The molecule has 0 aliphatic rings. The molecule has 0 spiro atoms. The monoisotopic (exact) mass is 211 g/mol. The molecule has 0 radical (unpaired) electrons. The van der Waals surface area contributed by atoms with Gasteiger partial charge in [0.2, 0.25) is 0 Å². The Kier molecular flexibility index (Phi) is 4.08. The lowest BCUT2D eigenvalue weighted by atomic mass is 10.2. The van der Waals surface area contributed by atoms with Gasteiger partial charge >= 0.3 is 5.97 Å². The van der Waals surface area contributed by atoms with Crippen molar-refractivity contribution in [3.63, 3.8) is 0 Å². The predicted molar refractivity (Wildman–Crippen MR) is 53.5 cm³/mol. The van der Waals surface area contributed by atoms with E-state index < -0.39 is 12.0 Å². The van der Waals surface area contributed by atoms with Crippen LogP contribution in [0.5, 0.6) is 5.75 Å². The Hall–Kier alpha value is -1.59. The highest BCUT2D eigenvalue weighted by molar-refractivity contribution is 5.73. The Labute approximate surface area is 87.1 Å². The number of carboxylic acids is 1. The van der Waals surface area contributed by atoms with Crippen molar-refractivity contribution in [1.29, 1.82) is 0 Å². The van der Waals surface area contributed by atoms with E-state index in [2.05, 4.69) is 0 Å². The summed E-state index contributed by atoms with van der Waals surface area (Å²) in [5.74, 6) is -0.605. The SMILES string of the molecule is NC(COc1cccc(CO)c1)C(=O)O. The second-order valence-electron chi connectivity index (χ2n) is 3.06. The first-order valence-corrected chi connectivity index (χ1v) is 4.44. The van der Waals surface area contributed by atoms with Gasteiger partial charge in [0.05, 0.1) is 6.61 Å². The molecule has 5 heteroatoms. The third-order valence-corrected chi connectivity index (χ3v) is 1.83. The maximum Gasteiger partial charge on any atom is 0.324 e. The minimum atomic E-state index is -1.10. The zero-order valence-electron chi connectivity index (χ0n) is 8.09. The molecule has 0 heterocycles. The van der Waals surface area contributed by atoms with Gasteiger partial charge in [-0.15, -0.1) is 0 Å². The number of hydrogen-bond donors (Lipinski definition) is 3. The van der Waals surface area contributed by atoms with E-state index in [0.717, 1.165) is 0 Å². The maximum atomic E-state index is 10.4. The standard InChI is InChI=1S/C10H13NO4/c11-9(10(13)14)6-15-8-3-1-2-7(4-8)5-12/h1-4,9,12H,5-6,11H2,(H,13,14). The number of benzene rings is 1. The molecule has 0 saturated carbocycles. The van der Waals surface area contributed by atoms with Crippen LogP contribution in [0.4, 0.5) is 0 Å². The fraction of sp³-hybridized carbons (Fsp3) is 0.300. The summed E-state index contributed by atoms with van der Waals surface area (Å²) in [6, 6.07) is 5.72. The highest BCUT2D eigenvalue weighted by Crippen LogP contribution is 2.13. The minimum absolute atomic E-state index is 0.0812. The summed E-state index contributed by atoms with van der Waals surface area (Å²) < 4.78 is 5.15. The number of carbonyl (C=O) groups is 1. The molecule has 82 valence electrons. The second-order valence-corrected chi connectivity index (χ2v) is 3.06. The van der Waals surface area contributed by atoms with Gasteiger partial charge in [0.15, 0.2) is 0 Å². The molecule has 0 aliphatic carbocycles. The summed E-state index contributed by atoms with van der Waals surface area (Å²) in [4.78, 5) is 10.4. The van der Waals surface area contributed by atoms with Crippen molar-refractivity contribution >= 4 is 5.97 Å². The van der Waals surface area contributed by atoms with Crippen LogP contribution in [0.3, 0.4) is 0 Å². The molecule has 1 atom stereocenters. The van der Waals surface area contributed by atoms with Crippen molar-refractivity contribution in [2.75, 3.05) is 6.61 Å². The van der Waals surface area contributed by atoms with Crippen LogP contribution in [-0.2, 0) is 11.4 Å². The average Bonchev–Trinajstić information content (AvgIpc) is 2.26. The van der Waals surface area contributed by atoms with Gasteiger partial charge in [-0.3, -0.25) is 4.79 Å². The third-order valence-electron chi connectivity index (χ3n) is 1.83. The minimum Gasteiger partial charge on any atom is -0.491 e. The number of carboxylic acid groups (broad SMARTS) is 1. The number of nitrogens with two attached hydrogens (primary N) is 1. The van der Waals surface area contributed by atoms with Crippen LogP contribution in [0, 0.1) is 0 Å². The van der Waals surface area contributed by atoms with E-state index in [9.17, 15) is 4.79 Å². The number of aliphatic carboxylic acids is 1. The first-order valence-electron chi connectivity index (χ1n) is 4.44. The molecule has 0 aromatic heterocycles. The van der Waals surface area contributed by atoms with Gasteiger partial charge in [0.1, 0.15) is 18.4 Å². The Morgan fingerprint density at radius 1 is 1.53 bits per heavy atom. The second kappa shape index (κ2) is 5.33. The maximum absolute atomic E-state index is 10.4. The predicted octanol–water partition coefficient (Wildman–Crippen LogP) is -0.0304. The number of ether oxygens (including phenoxy) is 1. The molecule has 15 heavy (non-hydrogen) atoms. The Balaban J connectivity index is 2.53. The molecular formula is C10H13NO4. The average molecular weight is 211 g/mol. The largest absolute Gasteiger partial charge is 0.491 e. The zero-order valence-corrected chi connectivity index (χ0v) is 8.09. The van der Waals surface area contributed by atoms with Crippen LogP contribution >= 0.6 is 0 Å². The van der Waals surface area contributed by atoms with E-state index in [1.54, 1.807) is 24.3 Å². The number of aliphatic hydroxyl groups is 1. The first kappa shape index (κ1) is 11.5. The van der Waals surface area contributed by atoms with Gasteiger partial charge in [-0.25, -0.2) is 0 Å². The van der Waals surface area contributed by atoms with E-state index in [-0.39, 0.29) is 13.2 Å². The summed E-state index contributed by atoms with van der Waals surface area (Å²) in [6.45, 7) is -0.174. The van der Waals surface area contributed by atoms with E-state index >= 15 is 0 Å². The van der Waals surface area contributed by atoms with Crippen LogP contribution in [-0.4, -0.2) is 28.8 Å². The summed E-state index contributed by atoms with van der Waals surface area (Å²) in [5, 5.41) is 17.4. The van der Waals surface area contributed by atoms with E-state index in [4.69, 9.17) is 20.7 Å². The highest BCUT2D eigenvalue weighted by Gasteiger charge is 2.11. The van der Waals surface area contributed by atoms with Crippen LogP contribution in [0.15, 0.2) is 24.3 Å². The van der Waals surface area contributed by atoms with Gasteiger partial charge in [0, 0.05) is 0 Å². The van der Waals surface area contributed by atoms with Crippen LogP contribution in [0.25, 0.3) is 0 Å². The molecular weight excluding hydrogens is 198 g/mol. The van der Waals surface area contributed by atoms with E-state index in [0.29, 0.717) is 11.3 Å².